The number of hydrogen-bond acceptors (Lipinski definition) is 2. The number of benzene rings is 2. The van der Waals surface area contributed by atoms with Crippen LogP contribution in [0.25, 0.3) is 11.1 Å². The van der Waals surface area contributed by atoms with Crippen molar-refractivity contribution in [3.05, 3.63) is 59.7 Å². The summed E-state index contributed by atoms with van der Waals surface area (Å²) in [4.78, 5) is 21.2. The Kier molecular flexibility index (Phi) is 5.49. The van der Waals surface area contributed by atoms with Crippen molar-refractivity contribution >= 4 is 12.4 Å². The van der Waals surface area contributed by atoms with E-state index in [1.807, 2.05) is 0 Å². The predicted molar refractivity (Wildman–Crippen MR) is 75.8 cm³/mol. The molecule has 7 heteroatoms. The minimum atomic E-state index is -1.17. The third-order valence-electron chi connectivity index (χ3n) is 3.12. The molecule has 0 aliphatic rings. The molecule has 1 amide bonds. The number of rotatable bonds is 6. The Labute approximate surface area is 125 Å². The van der Waals surface area contributed by atoms with Crippen molar-refractivity contribution in [2.45, 2.75) is 12.5 Å². The van der Waals surface area contributed by atoms with Gasteiger partial charge in [0.1, 0.15) is 17.7 Å². The molecular weight excluding hydrogens is 549 g/mol. The summed E-state index contributed by atoms with van der Waals surface area (Å²) in [6, 6.07) is 8.68. The molecule has 2 aromatic rings. The normalized spacial score (nSPS) is 11.2. The summed E-state index contributed by atoms with van der Waals surface area (Å²) in [5.41, 5.74) is 1.65. The van der Waals surface area contributed by atoms with E-state index in [0.29, 0.717) is 16.7 Å². The van der Waals surface area contributed by atoms with E-state index in [1.165, 1.54) is 18.5 Å². The maximum absolute atomic E-state index is 13.2. The molecule has 23 heavy (non-hydrogen) atoms. The quantitative estimate of drug-likeness (QED) is 0.421. The van der Waals surface area contributed by atoms with Crippen molar-refractivity contribution in [2.24, 2.45) is 0 Å². The fourth-order valence-electron chi connectivity index (χ4n) is 2.06. The number of carboxylic acids is 1. The molecule has 2 rings (SSSR count). The van der Waals surface area contributed by atoms with Gasteiger partial charge in [-0.2, -0.15) is 6.41 Å². The first-order chi connectivity index (χ1) is 10.5. The minimum absolute atomic E-state index is 0. The summed E-state index contributed by atoms with van der Waals surface area (Å²) in [5, 5.41) is 11.0. The monoisotopic (exact) mass is 561 g/mol. The van der Waals surface area contributed by atoms with E-state index < -0.39 is 23.6 Å². The molecule has 0 aliphatic heterocycles. The number of halogens is 2. The van der Waals surface area contributed by atoms with Crippen molar-refractivity contribution in [1.29, 1.82) is 0 Å². The van der Waals surface area contributed by atoms with E-state index >= 15 is 0 Å². The van der Waals surface area contributed by atoms with Gasteiger partial charge in [-0.1, -0.05) is 24.3 Å². The Hall–Kier alpha value is -3.76. The van der Waals surface area contributed by atoms with Gasteiger partial charge < -0.3 is 15.2 Å². The molecule has 0 fully saturated rings. The van der Waals surface area contributed by atoms with Crippen molar-refractivity contribution in [1.82, 2.24) is 5.32 Å². The Balaban J connectivity index is 0.00000264. The molecule has 0 aliphatic carbocycles. The number of hydrogen-bond donors (Lipinski definition) is 2. The second kappa shape index (κ2) is 7.31. The number of carbonyl (C=O) groups excluding carboxylic acids is 1. The maximum atomic E-state index is 13.2. The fourth-order valence-corrected chi connectivity index (χ4v) is 2.06. The van der Waals surface area contributed by atoms with E-state index in [-0.39, 0.29) is 6.42 Å². The molecule has 126 valence electrons. The summed E-state index contributed by atoms with van der Waals surface area (Å²) >= 11 is 0. The van der Waals surface area contributed by atoms with Gasteiger partial charge in [-0.25, -0.2) is 8.78 Å². The van der Waals surface area contributed by atoms with Crippen LogP contribution in [0.3, 0.4) is 0 Å². The topological polar surface area (TPSA) is 66.4 Å². The van der Waals surface area contributed by atoms with Gasteiger partial charge in [-0.05, 0) is 28.8 Å². The van der Waals surface area contributed by atoms with Crippen LogP contribution in [-0.4, -0.2) is 23.5 Å². The molecule has 0 aromatic heterocycles. The van der Waals surface area contributed by atoms with Crippen LogP contribution in [-0.2, 0) is 16.0 Å². The molecule has 0 saturated carbocycles. The summed E-state index contributed by atoms with van der Waals surface area (Å²) in [6.45, 7) is 0. The predicted octanol–water partition coefficient (Wildman–Crippen LogP) is 2.28. The molecule has 0 spiro atoms. The van der Waals surface area contributed by atoms with Crippen LogP contribution in [0, 0.1) is 11.6 Å². The van der Waals surface area contributed by atoms with E-state index in [4.69, 9.17) is 5.11 Å². The van der Waals surface area contributed by atoms with E-state index in [0.717, 1.165) is 6.07 Å². The number of amides is 1. The molecule has 0 heterocycles. The Morgan fingerprint density at radius 2 is 1.65 bits per heavy atom. The second-order valence-electron chi connectivity index (χ2n) is 4.70. The van der Waals surface area contributed by atoms with E-state index in [2.05, 4.69) is 5.32 Å². The Morgan fingerprint density at radius 1 is 1.09 bits per heavy atom. The number of aliphatic carboxylic acids is 1. The largest absolute Gasteiger partial charge is 0.520 e. The zero-order chi connectivity index (χ0) is 16.1. The molecule has 2 aromatic carbocycles. The first-order valence-corrected chi connectivity index (χ1v) is 6.40. The second-order valence-corrected chi connectivity index (χ2v) is 4.70. The summed E-state index contributed by atoms with van der Waals surface area (Å²) in [5.74, 6) is -2.51. The SMILES string of the molecule is O=[C-]NC(Cc1ccc(-c2cc(F)cc(F)c2)cc1)C(=O)O.[Fm]. The van der Waals surface area contributed by atoms with Gasteiger partial charge in [0.15, 0.2) is 0 Å². The summed E-state index contributed by atoms with van der Waals surface area (Å²) in [7, 11) is 0. The number of nitrogens with one attached hydrogen (secondary N) is 1. The van der Waals surface area contributed by atoms with Crippen LogP contribution < -0.4 is 5.32 Å². The third-order valence-corrected chi connectivity index (χ3v) is 3.12. The van der Waals surface area contributed by atoms with Crippen molar-refractivity contribution < 1.29 is 23.5 Å². The molecule has 2 N–H and O–H groups in total. The third kappa shape index (κ3) is 4.35. The van der Waals surface area contributed by atoms with Crippen LogP contribution in [0.4, 0.5) is 8.78 Å². The van der Waals surface area contributed by atoms with Crippen molar-refractivity contribution in [2.75, 3.05) is 0 Å². The molecule has 0 bridgehead atoms. The van der Waals surface area contributed by atoms with E-state index in [9.17, 15) is 18.4 Å². The Morgan fingerprint density at radius 3 is 2.13 bits per heavy atom. The standard InChI is InChI=1S/C16H12F2NO3.Fm/c17-13-6-12(7-14(18)8-13)11-3-1-10(2-4-11)5-15(16(21)22)19-9-20;/h1-4,6-8,15H,5H2,(H,19,20)(H,21,22);/q-1;. The van der Waals surface area contributed by atoms with Gasteiger partial charge in [0.25, 0.3) is 0 Å². The van der Waals surface area contributed by atoms with E-state index in [1.54, 1.807) is 24.3 Å². The maximum Gasteiger partial charge on any atom is 0.323 e. The van der Waals surface area contributed by atoms with Crippen LogP contribution in [0.1, 0.15) is 5.56 Å². The molecule has 1 unspecified atom stereocenters. The van der Waals surface area contributed by atoms with Gasteiger partial charge in [-0.3, -0.25) is 4.79 Å². The van der Waals surface area contributed by atoms with Crippen LogP contribution in [0.5, 0.6) is 0 Å². The average Bonchev–Trinajstić information content (AvgIpc) is 2.46. The molecule has 0 radical (unpaired) electrons. The molecule has 4 nitrogen and oxygen atoms in total. The van der Waals surface area contributed by atoms with Crippen LogP contribution >= 0.6 is 0 Å². The zero-order valence-corrected chi connectivity index (χ0v) is 14.0. The zero-order valence-electron chi connectivity index (χ0n) is 11.6. The van der Waals surface area contributed by atoms with Gasteiger partial charge in [0.2, 0.25) is 0 Å². The van der Waals surface area contributed by atoms with Gasteiger partial charge >= 0.3 is 5.97 Å². The first kappa shape index (κ1) is 17.3. The number of carboxylic acid groups (broad SMARTS) is 1. The summed E-state index contributed by atoms with van der Waals surface area (Å²) in [6.07, 6.45) is 1.44. The minimum Gasteiger partial charge on any atom is -0.520 e. The summed E-state index contributed by atoms with van der Waals surface area (Å²) < 4.78 is 26.4. The van der Waals surface area contributed by atoms with Gasteiger partial charge in [-0.15, -0.1) is 0 Å². The Bertz CT molecular complexity index is 672. The molecular formula is C16H12F2FmNO3-. The fraction of sp³-hybridized carbons (Fsp3) is 0.125. The van der Waals surface area contributed by atoms with Gasteiger partial charge in [0.05, 0.1) is 0 Å². The van der Waals surface area contributed by atoms with Crippen molar-refractivity contribution in [3.8, 4) is 11.1 Å². The van der Waals surface area contributed by atoms with Gasteiger partial charge in [0, 0.05) is 12.5 Å². The smallest absolute Gasteiger partial charge is 0.323 e. The molecule has 1 atom stereocenters. The van der Waals surface area contributed by atoms with Crippen LogP contribution in [0.15, 0.2) is 42.5 Å². The number of carbonyl (C=O) groups is 1. The first-order valence-electron chi connectivity index (χ1n) is 6.40. The molecule has 0 saturated heterocycles. The average molecular weight is 561 g/mol. The van der Waals surface area contributed by atoms with Crippen molar-refractivity contribution in [3.63, 3.8) is 0 Å². The van der Waals surface area contributed by atoms with Crippen LogP contribution in [0.2, 0.25) is 0 Å².